The van der Waals surface area contributed by atoms with Gasteiger partial charge in [0.05, 0.1) is 11.2 Å². The summed E-state index contributed by atoms with van der Waals surface area (Å²) in [5, 5.41) is -0.142. The van der Waals surface area contributed by atoms with Crippen LogP contribution in [0.1, 0.15) is 40.2 Å². The fourth-order valence-corrected chi connectivity index (χ4v) is 2.97. The molecule has 1 aromatic rings. The van der Waals surface area contributed by atoms with Gasteiger partial charge in [-0.05, 0) is 45.3 Å². The Hall–Kier alpha value is -1.52. The van der Waals surface area contributed by atoms with Gasteiger partial charge in [0.25, 0.3) is 0 Å². The van der Waals surface area contributed by atoms with Crippen molar-refractivity contribution in [2.75, 3.05) is 5.75 Å². The average Bonchev–Trinajstić information content (AvgIpc) is 2.71. The molecule has 1 heterocycles. The van der Waals surface area contributed by atoms with E-state index in [-0.39, 0.29) is 16.4 Å². The fourth-order valence-electron chi connectivity index (χ4n) is 2.38. The zero-order chi connectivity index (χ0) is 21.3. The molecule has 0 atom stereocenters. The molecular weight excluding hydrogens is 399 g/mol. The first-order valence-electron chi connectivity index (χ1n) is 8.45. The van der Waals surface area contributed by atoms with Crippen LogP contribution < -0.4 is 4.74 Å². The monoisotopic (exact) mass is 420 g/mol. The van der Waals surface area contributed by atoms with Crippen molar-refractivity contribution < 1.29 is 36.4 Å². The Kier molecular flexibility index (Phi) is 6.57. The first kappa shape index (κ1) is 22.8. The van der Waals surface area contributed by atoms with Gasteiger partial charge in [0.15, 0.2) is 5.12 Å². The van der Waals surface area contributed by atoms with Crippen LogP contribution in [0.15, 0.2) is 23.7 Å². The van der Waals surface area contributed by atoms with Crippen LogP contribution in [-0.4, -0.2) is 35.6 Å². The SMILES string of the molecule is CC(=O)SCC(=Cc1ccc(OC(F)(F)F)cc1F)B1OC(C)(C)C(C)(C)O1. The van der Waals surface area contributed by atoms with Crippen molar-refractivity contribution in [3.63, 3.8) is 0 Å². The number of hydrogen-bond acceptors (Lipinski definition) is 5. The number of carbonyl (C=O) groups excluding carboxylic acids is 1. The molecule has 154 valence electrons. The van der Waals surface area contributed by atoms with Crippen LogP contribution in [0.25, 0.3) is 6.08 Å². The van der Waals surface area contributed by atoms with E-state index in [1.54, 1.807) is 0 Å². The second-order valence-electron chi connectivity index (χ2n) is 7.32. The third-order valence-corrected chi connectivity index (χ3v) is 5.43. The maximum Gasteiger partial charge on any atom is 0.573 e. The lowest BCUT2D eigenvalue weighted by Gasteiger charge is -2.32. The van der Waals surface area contributed by atoms with Gasteiger partial charge in [0, 0.05) is 24.3 Å². The number of thioether (sulfide) groups is 1. The lowest BCUT2D eigenvalue weighted by atomic mass is 9.78. The lowest BCUT2D eigenvalue weighted by molar-refractivity contribution is -0.274. The van der Waals surface area contributed by atoms with Crippen molar-refractivity contribution in [2.45, 2.75) is 52.2 Å². The average molecular weight is 420 g/mol. The van der Waals surface area contributed by atoms with Crippen LogP contribution in [-0.2, 0) is 14.1 Å². The third kappa shape index (κ3) is 5.74. The Balaban J connectivity index is 2.33. The van der Waals surface area contributed by atoms with E-state index < -0.39 is 36.2 Å². The second kappa shape index (κ2) is 8.08. The highest BCUT2D eigenvalue weighted by atomic mass is 32.2. The van der Waals surface area contributed by atoms with Gasteiger partial charge in [-0.2, -0.15) is 0 Å². The van der Waals surface area contributed by atoms with Gasteiger partial charge in [0.2, 0.25) is 0 Å². The zero-order valence-electron chi connectivity index (χ0n) is 16.1. The summed E-state index contributed by atoms with van der Waals surface area (Å²) in [6.07, 6.45) is -3.49. The summed E-state index contributed by atoms with van der Waals surface area (Å²) < 4.78 is 66.8. The van der Waals surface area contributed by atoms with E-state index in [1.165, 1.54) is 19.1 Å². The summed E-state index contributed by atoms with van der Waals surface area (Å²) in [5.41, 5.74) is -0.757. The van der Waals surface area contributed by atoms with Crippen molar-refractivity contribution in [3.05, 3.63) is 35.1 Å². The van der Waals surface area contributed by atoms with Crippen LogP contribution in [0.3, 0.4) is 0 Å². The van der Waals surface area contributed by atoms with E-state index in [9.17, 15) is 22.4 Å². The van der Waals surface area contributed by atoms with Gasteiger partial charge in [-0.3, -0.25) is 4.79 Å². The molecule has 0 N–H and O–H groups in total. The van der Waals surface area contributed by atoms with Gasteiger partial charge < -0.3 is 14.0 Å². The summed E-state index contributed by atoms with van der Waals surface area (Å²) in [6, 6.07) is 2.84. The number of rotatable bonds is 5. The maximum atomic E-state index is 14.3. The number of ether oxygens (including phenoxy) is 1. The molecule has 0 aliphatic carbocycles. The number of benzene rings is 1. The number of carbonyl (C=O) groups is 1. The number of hydrogen-bond donors (Lipinski definition) is 0. The van der Waals surface area contributed by atoms with Crippen LogP contribution in [0.4, 0.5) is 17.6 Å². The van der Waals surface area contributed by atoms with E-state index >= 15 is 0 Å². The highest BCUT2D eigenvalue weighted by molar-refractivity contribution is 8.13. The smallest absolute Gasteiger partial charge is 0.406 e. The van der Waals surface area contributed by atoms with Gasteiger partial charge >= 0.3 is 13.5 Å². The van der Waals surface area contributed by atoms with Gasteiger partial charge in [-0.15, -0.1) is 13.2 Å². The molecule has 1 saturated heterocycles. The van der Waals surface area contributed by atoms with E-state index in [0.717, 1.165) is 17.8 Å². The molecule has 0 unspecified atom stereocenters. The van der Waals surface area contributed by atoms with Crippen molar-refractivity contribution in [2.24, 2.45) is 0 Å². The van der Waals surface area contributed by atoms with Gasteiger partial charge in [-0.1, -0.05) is 17.8 Å². The normalized spacial score (nSPS) is 19.0. The van der Waals surface area contributed by atoms with Crippen molar-refractivity contribution in [3.8, 4) is 5.75 Å². The molecule has 1 aliphatic rings. The molecule has 2 rings (SSSR count). The van der Waals surface area contributed by atoms with E-state index in [1.807, 2.05) is 27.7 Å². The molecule has 0 amide bonds. The molecule has 1 fully saturated rings. The Bertz CT molecular complexity index is 761. The predicted octanol–water partition coefficient (Wildman–Crippen LogP) is 5.02. The van der Waals surface area contributed by atoms with Crippen LogP contribution in [0, 0.1) is 5.82 Å². The minimum atomic E-state index is -4.91. The number of alkyl halides is 3. The van der Waals surface area contributed by atoms with Gasteiger partial charge in [-0.25, -0.2) is 4.39 Å². The minimum absolute atomic E-state index is 0.0309. The maximum absolute atomic E-state index is 14.3. The molecule has 0 bridgehead atoms. The highest BCUT2D eigenvalue weighted by Gasteiger charge is 2.52. The summed E-state index contributed by atoms with van der Waals surface area (Å²) in [4.78, 5) is 11.4. The van der Waals surface area contributed by atoms with Crippen molar-refractivity contribution in [1.29, 1.82) is 0 Å². The third-order valence-electron chi connectivity index (χ3n) is 4.54. The van der Waals surface area contributed by atoms with Gasteiger partial charge in [0.1, 0.15) is 11.6 Å². The summed E-state index contributed by atoms with van der Waals surface area (Å²) in [7, 11) is -0.817. The Morgan fingerprint density at radius 2 is 1.79 bits per heavy atom. The number of halogens is 4. The quantitative estimate of drug-likeness (QED) is 0.495. The molecule has 10 heteroatoms. The van der Waals surface area contributed by atoms with E-state index in [2.05, 4.69) is 4.74 Å². The fraction of sp³-hybridized carbons (Fsp3) is 0.500. The second-order valence-corrected chi connectivity index (χ2v) is 8.47. The van der Waals surface area contributed by atoms with E-state index in [0.29, 0.717) is 11.5 Å². The molecule has 0 aromatic heterocycles. The first-order chi connectivity index (χ1) is 12.7. The molecule has 28 heavy (non-hydrogen) atoms. The zero-order valence-corrected chi connectivity index (χ0v) is 17.0. The molecule has 4 nitrogen and oxygen atoms in total. The predicted molar refractivity (Wildman–Crippen MR) is 100 cm³/mol. The molecule has 1 aliphatic heterocycles. The minimum Gasteiger partial charge on any atom is -0.406 e. The summed E-state index contributed by atoms with van der Waals surface area (Å²) in [5.74, 6) is -1.37. The summed E-state index contributed by atoms with van der Waals surface area (Å²) >= 11 is 1.000. The van der Waals surface area contributed by atoms with Crippen LogP contribution in [0.2, 0.25) is 0 Å². The lowest BCUT2D eigenvalue weighted by Crippen LogP contribution is -2.41. The molecular formula is C18H21BF4O4S. The Labute approximate surface area is 165 Å². The molecule has 0 saturated carbocycles. The standard InChI is InChI=1S/C18H21BF4O4S/c1-11(24)28-10-13(19-26-16(2,3)17(4,5)27-19)8-12-6-7-14(9-15(12)20)25-18(21,22)23/h6-9H,10H2,1-5H3. The van der Waals surface area contributed by atoms with Crippen LogP contribution in [0.5, 0.6) is 5.75 Å². The van der Waals surface area contributed by atoms with Crippen LogP contribution >= 0.6 is 11.8 Å². The summed E-state index contributed by atoms with van der Waals surface area (Å²) in [6.45, 7) is 8.81. The first-order valence-corrected chi connectivity index (χ1v) is 9.43. The van der Waals surface area contributed by atoms with Crippen molar-refractivity contribution in [1.82, 2.24) is 0 Å². The largest absolute Gasteiger partial charge is 0.573 e. The molecule has 1 aromatic carbocycles. The molecule has 0 radical (unpaired) electrons. The van der Waals surface area contributed by atoms with E-state index in [4.69, 9.17) is 9.31 Å². The topological polar surface area (TPSA) is 44.8 Å². The highest BCUT2D eigenvalue weighted by Crippen LogP contribution is 2.39. The Morgan fingerprint density at radius 1 is 1.21 bits per heavy atom. The van der Waals surface area contributed by atoms with Crippen molar-refractivity contribution >= 4 is 30.1 Å². The molecule has 0 spiro atoms. The Morgan fingerprint density at radius 3 is 2.25 bits per heavy atom.